The van der Waals surface area contributed by atoms with E-state index in [9.17, 15) is 8.42 Å². The largest absolute Gasteiger partial charge is 0.317 e. The van der Waals surface area contributed by atoms with Crippen LogP contribution in [0.3, 0.4) is 0 Å². The Labute approximate surface area is 108 Å². The van der Waals surface area contributed by atoms with E-state index in [1.807, 2.05) is 0 Å². The van der Waals surface area contributed by atoms with Gasteiger partial charge in [0.25, 0.3) is 10.0 Å². The second-order valence-electron chi connectivity index (χ2n) is 4.77. The zero-order valence-corrected chi connectivity index (χ0v) is 11.7. The fraction of sp³-hybridized carbons (Fsp3) is 0.727. The lowest BCUT2D eigenvalue weighted by Crippen LogP contribution is -2.37. The highest BCUT2D eigenvalue weighted by molar-refractivity contribution is 7.89. The van der Waals surface area contributed by atoms with Gasteiger partial charge in [0.05, 0.1) is 6.20 Å². The van der Waals surface area contributed by atoms with E-state index in [1.54, 1.807) is 14.1 Å². The molecule has 1 aromatic heterocycles. The molecule has 7 heteroatoms. The average molecular weight is 272 g/mol. The Balaban J connectivity index is 2.08. The van der Waals surface area contributed by atoms with Crippen LogP contribution < -0.4 is 5.32 Å². The number of aromatic nitrogens is 2. The van der Waals surface area contributed by atoms with Crippen LogP contribution in [0.5, 0.6) is 0 Å². The van der Waals surface area contributed by atoms with E-state index in [4.69, 9.17) is 0 Å². The molecule has 0 spiro atoms. The standard InChI is InChI=1S/C11H20N4O2S/c1-14(9-10-3-6-12-7-4-10)18(16,17)11-5-8-13-15(11)2/h5,8,10,12H,3-4,6-7,9H2,1-2H3. The first kappa shape index (κ1) is 13.5. The van der Waals surface area contributed by atoms with Crippen LogP contribution in [0.15, 0.2) is 17.3 Å². The molecule has 1 N–H and O–H groups in total. The monoisotopic (exact) mass is 272 g/mol. The molecule has 0 saturated carbocycles. The fourth-order valence-electron chi connectivity index (χ4n) is 2.30. The van der Waals surface area contributed by atoms with Crippen molar-refractivity contribution in [2.24, 2.45) is 13.0 Å². The molecule has 102 valence electrons. The lowest BCUT2D eigenvalue weighted by atomic mass is 9.98. The van der Waals surface area contributed by atoms with Gasteiger partial charge in [-0.25, -0.2) is 8.42 Å². The fourth-order valence-corrected chi connectivity index (χ4v) is 3.64. The van der Waals surface area contributed by atoms with Crippen molar-refractivity contribution in [2.45, 2.75) is 17.9 Å². The van der Waals surface area contributed by atoms with Crippen molar-refractivity contribution in [3.63, 3.8) is 0 Å². The second kappa shape index (κ2) is 5.38. The van der Waals surface area contributed by atoms with E-state index < -0.39 is 10.0 Å². The molecule has 18 heavy (non-hydrogen) atoms. The molecule has 0 radical (unpaired) electrons. The quantitative estimate of drug-likeness (QED) is 0.840. The van der Waals surface area contributed by atoms with Crippen LogP contribution in [0, 0.1) is 5.92 Å². The van der Waals surface area contributed by atoms with E-state index in [0.717, 1.165) is 25.9 Å². The minimum atomic E-state index is -3.41. The van der Waals surface area contributed by atoms with Crippen molar-refractivity contribution in [3.8, 4) is 0 Å². The molecule has 1 aromatic rings. The molecule has 1 saturated heterocycles. The number of piperidine rings is 1. The predicted octanol–water partition coefficient (Wildman–Crippen LogP) is 0.0402. The highest BCUT2D eigenvalue weighted by Crippen LogP contribution is 2.18. The molecule has 2 rings (SSSR count). The molecule has 0 amide bonds. The molecule has 0 aromatic carbocycles. The molecule has 6 nitrogen and oxygen atoms in total. The molecular formula is C11H20N4O2S. The van der Waals surface area contributed by atoms with Crippen molar-refractivity contribution in [1.29, 1.82) is 0 Å². The van der Waals surface area contributed by atoms with E-state index in [2.05, 4.69) is 10.4 Å². The normalized spacial score (nSPS) is 18.4. The number of sulfonamides is 1. The number of nitrogens with zero attached hydrogens (tertiary/aromatic N) is 3. The van der Waals surface area contributed by atoms with Crippen LogP contribution in [0.2, 0.25) is 0 Å². The van der Waals surface area contributed by atoms with E-state index in [1.165, 1.54) is 21.3 Å². The van der Waals surface area contributed by atoms with Crippen molar-refractivity contribution in [3.05, 3.63) is 12.3 Å². The minimum Gasteiger partial charge on any atom is -0.317 e. The van der Waals surface area contributed by atoms with Gasteiger partial charge in [0.2, 0.25) is 0 Å². The van der Waals surface area contributed by atoms with E-state index >= 15 is 0 Å². The van der Waals surface area contributed by atoms with Gasteiger partial charge < -0.3 is 5.32 Å². The van der Waals surface area contributed by atoms with Gasteiger partial charge >= 0.3 is 0 Å². The Hall–Kier alpha value is -0.920. The average Bonchev–Trinajstić information content (AvgIpc) is 2.77. The maximum atomic E-state index is 12.3. The molecular weight excluding hydrogens is 252 g/mol. The third-order valence-corrected chi connectivity index (χ3v) is 5.32. The Morgan fingerprint density at radius 3 is 2.72 bits per heavy atom. The number of rotatable bonds is 4. The summed E-state index contributed by atoms with van der Waals surface area (Å²) < 4.78 is 27.5. The summed E-state index contributed by atoms with van der Waals surface area (Å²) in [5.41, 5.74) is 0. The van der Waals surface area contributed by atoms with Gasteiger partial charge in [-0.05, 0) is 37.9 Å². The van der Waals surface area contributed by atoms with Gasteiger partial charge in [-0.15, -0.1) is 0 Å². The molecule has 0 atom stereocenters. The molecule has 0 bridgehead atoms. The first-order valence-corrected chi connectivity index (χ1v) is 7.61. The van der Waals surface area contributed by atoms with Crippen molar-refractivity contribution < 1.29 is 8.42 Å². The summed E-state index contributed by atoms with van der Waals surface area (Å²) in [6, 6.07) is 1.54. The number of hydrogen-bond donors (Lipinski definition) is 1. The molecule has 2 heterocycles. The SMILES string of the molecule is CN(CC1CCNCC1)S(=O)(=O)c1ccnn1C. The third-order valence-electron chi connectivity index (χ3n) is 3.42. The summed E-state index contributed by atoms with van der Waals surface area (Å²) >= 11 is 0. The summed E-state index contributed by atoms with van der Waals surface area (Å²) in [6.45, 7) is 2.53. The lowest BCUT2D eigenvalue weighted by Gasteiger charge is -2.27. The van der Waals surface area contributed by atoms with Crippen LogP contribution in [0.25, 0.3) is 0 Å². The van der Waals surface area contributed by atoms with E-state index in [0.29, 0.717) is 12.5 Å². The van der Waals surface area contributed by atoms with Crippen LogP contribution in [-0.2, 0) is 17.1 Å². The topological polar surface area (TPSA) is 67.2 Å². The van der Waals surface area contributed by atoms with Crippen LogP contribution >= 0.6 is 0 Å². The molecule has 1 aliphatic rings. The minimum absolute atomic E-state index is 0.249. The summed E-state index contributed by atoms with van der Waals surface area (Å²) in [6.07, 6.45) is 3.57. The number of hydrogen-bond acceptors (Lipinski definition) is 4. The van der Waals surface area contributed by atoms with Gasteiger partial charge in [0.15, 0.2) is 5.03 Å². The molecule has 0 unspecified atom stereocenters. The van der Waals surface area contributed by atoms with E-state index in [-0.39, 0.29) is 5.03 Å². The smallest absolute Gasteiger partial charge is 0.259 e. The Morgan fingerprint density at radius 2 is 2.17 bits per heavy atom. The zero-order chi connectivity index (χ0) is 13.2. The van der Waals surface area contributed by atoms with Gasteiger partial charge in [-0.3, -0.25) is 4.68 Å². The van der Waals surface area contributed by atoms with Crippen molar-refractivity contribution >= 4 is 10.0 Å². The highest BCUT2D eigenvalue weighted by Gasteiger charge is 2.26. The van der Waals surface area contributed by atoms with Crippen molar-refractivity contribution in [1.82, 2.24) is 19.4 Å². The van der Waals surface area contributed by atoms with Crippen LogP contribution in [0.1, 0.15) is 12.8 Å². The summed E-state index contributed by atoms with van der Waals surface area (Å²) in [7, 11) is -0.125. The van der Waals surface area contributed by atoms with Gasteiger partial charge in [-0.1, -0.05) is 0 Å². The summed E-state index contributed by atoms with van der Waals surface area (Å²) in [5, 5.41) is 7.44. The molecule has 0 aliphatic carbocycles. The summed E-state index contributed by atoms with van der Waals surface area (Å²) in [5.74, 6) is 0.444. The van der Waals surface area contributed by atoms with Gasteiger partial charge in [0, 0.05) is 20.6 Å². The Kier molecular flexibility index (Phi) is 4.04. The lowest BCUT2D eigenvalue weighted by molar-refractivity contribution is 0.310. The third kappa shape index (κ3) is 2.73. The second-order valence-corrected chi connectivity index (χ2v) is 6.76. The summed E-state index contributed by atoms with van der Waals surface area (Å²) in [4.78, 5) is 0. The number of aryl methyl sites for hydroxylation is 1. The number of nitrogens with one attached hydrogen (secondary N) is 1. The first-order chi connectivity index (χ1) is 8.51. The Bertz CT molecular complexity index is 491. The first-order valence-electron chi connectivity index (χ1n) is 6.17. The zero-order valence-electron chi connectivity index (χ0n) is 10.8. The maximum absolute atomic E-state index is 12.3. The van der Waals surface area contributed by atoms with Gasteiger partial charge in [0.1, 0.15) is 0 Å². The molecule has 1 aliphatic heterocycles. The Morgan fingerprint density at radius 1 is 1.50 bits per heavy atom. The van der Waals surface area contributed by atoms with Gasteiger partial charge in [-0.2, -0.15) is 9.40 Å². The van der Waals surface area contributed by atoms with Crippen molar-refractivity contribution in [2.75, 3.05) is 26.7 Å². The molecule has 1 fully saturated rings. The maximum Gasteiger partial charge on any atom is 0.259 e. The highest BCUT2D eigenvalue weighted by atomic mass is 32.2. The van der Waals surface area contributed by atoms with Crippen LogP contribution in [-0.4, -0.2) is 49.2 Å². The van der Waals surface area contributed by atoms with Crippen LogP contribution in [0.4, 0.5) is 0 Å². The predicted molar refractivity (Wildman–Crippen MR) is 68.6 cm³/mol.